The molecule has 0 amide bonds. The Kier molecular flexibility index (Phi) is 5.01. The van der Waals surface area contributed by atoms with E-state index in [9.17, 15) is 13.2 Å². The van der Waals surface area contributed by atoms with Gasteiger partial charge in [-0.2, -0.15) is 13.2 Å². The molecule has 96 valence electrons. The minimum Gasteiger partial charge on any atom is -0.395 e. The van der Waals surface area contributed by atoms with E-state index in [2.05, 4.69) is 0 Å². The fraction of sp³-hybridized carbons (Fsp3) is 1.00. The molecule has 3 N–H and O–H groups in total. The standard InChI is InChI=1S/C10H19F3N2O/c11-10(12,13)9(6-14)15-5-3-1-2-4-8(15)7-16/h8-9,16H,1-7,14H2. The van der Waals surface area contributed by atoms with Crippen LogP contribution in [0, 0.1) is 0 Å². The van der Waals surface area contributed by atoms with Crippen LogP contribution in [0.4, 0.5) is 13.2 Å². The van der Waals surface area contributed by atoms with Gasteiger partial charge in [0.1, 0.15) is 6.04 Å². The highest BCUT2D eigenvalue weighted by atomic mass is 19.4. The molecule has 6 heteroatoms. The molecule has 2 unspecified atom stereocenters. The van der Waals surface area contributed by atoms with Crippen molar-refractivity contribution in [2.45, 2.75) is 43.9 Å². The average molecular weight is 240 g/mol. The van der Waals surface area contributed by atoms with E-state index in [0.29, 0.717) is 13.0 Å². The summed E-state index contributed by atoms with van der Waals surface area (Å²) in [7, 11) is 0. The molecule has 1 fully saturated rings. The Hall–Kier alpha value is -0.330. The lowest BCUT2D eigenvalue weighted by molar-refractivity contribution is -0.188. The third-order valence-electron chi connectivity index (χ3n) is 3.13. The summed E-state index contributed by atoms with van der Waals surface area (Å²) in [5.41, 5.74) is 5.21. The summed E-state index contributed by atoms with van der Waals surface area (Å²) >= 11 is 0. The molecular weight excluding hydrogens is 221 g/mol. The number of nitrogens with two attached hydrogens (primary N) is 1. The van der Waals surface area contributed by atoms with E-state index in [0.717, 1.165) is 19.3 Å². The van der Waals surface area contributed by atoms with Crippen LogP contribution in [0.5, 0.6) is 0 Å². The van der Waals surface area contributed by atoms with Gasteiger partial charge in [0, 0.05) is 12.6 Å². The molecule has 1 aliphatic rings. The Bertz CT molecular complexity index is 211. The molecule has 0 saturated carbocycles. The molecule has 1 rings (SSSR count). The number of hydrogen-bond donors (Lipinski definition) is 2. The van der Waals surface area contributed by atoms with Gasteiger partial charge < -0.3 is 10.8 Å². The second-order valence-corrected chi connectivity index (χ2v) is 4.22. The molecule has 16 heavy (non-hydrogen) atoms. The van der Waals surface area contributed by atoms with Gasteiger partial charge in [-0.25, -0.2) is 0 Å². The zero-order valence-corrected chi connectivity index (χ0v) is 9.21. The molecule has 1 heterocycles. The van der Waals surface area contributed by atoms with Crippen molar-refractivity contribution in [1.29, 1.82) is 0 Å². The van der Waals surface area contributed by atoms with Crippen molar-refractivity contribution in [2.24, 2.45) is 5.73 Å². The zero-order valence-electron chi connectivity index (χ0n) is 9.21. The predicted molar refractivity (Wildman–Crippen MR) is 54.9 cm³/mol. The summed E-state index contributed by atoms with van der Waals surface area (Å²) in [4.78, 5) is 1.33. The van der Waals surface area contributed by atoms with Gasteiger partial charge in [-0.15, -0.1) is 0 Å². The lowest BCUT2D eigenvalue weighted by atomic mass is 10.1. The number of alkyl halides is 3. The van der Waals surface area contributed by atoms with E-state index in [4.69, 9.17) is 10.8 Å². The Morgan fingerprint density at radius 3 is 2.50 bits per heavy atom. The second kappa shape index (κ2) is 5.84. The van der Waals surface area contributed by atoms with Gasteiger partial charge in [0.2, 0.25) is 0 Å². The van der Waals surface area contributed by atoms with E-state index >= 15 is 0 Å². The number of aliphatic hydroxyl groups is 1. The first-order valence-electron chi connectivity index (χ1n) is 5.64. The van der Waals surface area contributed by atoms with Gasteiger partial charge >= 0.3 is 6.18 Å². The summed E-state index contributed by atoms with van der Waals surface area (Å²) in [6, 6.07) is -2.03. The maximum atomic E-state index is 12.7. The van der Waals surface area contributed by atoms with Crippen LogP contribution in [0.1, 0.15) is 25.7 Å². The van der Waals surface area contributed by atoms with E-state index in [1.54, 1.807) is 0 Å². The highest BCUT2D eigenvalue weighted by molar-refractivity contribution is 4.86. The predicted octanol–water partition coefficient (Wildman–Crippen LogP) is 1.11. The molecule has 0 aromatic heterocycles. The van der Waals surface area contributed by atoms with Gasteiger partial charge in [0.25, 0.3) is 0 Å². The summed E-state index contributed by atoms with van der Waals surface area (Å²) in [5, 5.41) is 9.15. The molecule has 0 aromatic rings. The Morgan fingerprint density at radius 1 is 1.31 bits per heavy atom. The van der Waals surface area contributed by atoms with Gasteiger partial charge in [-0.3, -0.25) is 4.90 Å². The van der Waals surface area contributed by atoms with E-state index < -0.39 is 24.8 Å². The van der Waals surface area contributed by atoms with Crippen molar-refractivity contribution in [3.63, 3.8) is 0 Å². The molecule has 0 bridgehead atoms. The minimum atomic E-state index is -4.31. The Morgan fingerprint density at radius 2 is 2.00 bits per heavy atom. The zero-order chi connectivity index (χ0) is 12.2. The van der Waals surface area contributed by atoms with Crippen molar-refractivity contribution in [1.82, 2.24) is 4.90 Å². The van der Waals surface area contributed by atoms with E-state index in [-0.39, 0.29) is 6.61 Å². The van der Waals surface area contributed by atoms with Crippen molar-refractivity contribution in [3.05, 3.63) is 0 Å². The first-order chi connectivity index (χ1) is 7.50. The van der Waals surface area contributed by atoms with Crippen LogP contribution in [0.15, 0.2) is 0 Å². The molecule has 0 spiro atoms. The van der Waals surface area contributed by atoms with Gasteiger partial charge in [0.15, 0.2) is 0 Å². The third kappa shape index (κ3) is 3.33. The van der Waals surface area contributed by atoms with Crippen LogP contribution in [0.2, 0.25) is 0 Å². The van der Waals surface area contributed by atoms with E-state index in [1.807, 2.05) is 0 Å². The van der Waals surface area contributed by atoms with Crippen LogP contribution >= 0.6 is 0 Å². The molecule has 0 aliphatic carbocycles. The monoisotopic (exact) mass is 240 g/mol. The fourth-order valence-corrected chi connectivity index (χ4v) is 2.26. The Balaban J connectivity index is 2.78. The molecule has 2 atom stereocenters. The number of hydrogen-bond acceptors (Lipinski definition) is 3. The summed E-state index contributed by atoms with van der Waals surface area (Å²) in [5.74, 6) is 0. The minimum absolute atomic E-state index is 0.230. The van der Waals surface area contributed by atoms with Crippen molar-refractivity contribution in [3.8, 4) is 0 Å². The largest absolute Gasteiger partial charge is 0.405 e. The number of aliphatic hydroxyl groups excluding tert-OH is 1. The number of rotatable bonds is 3. The van der Waals surface area contributed by atoms with Crippen LogP contribution in [0.25, 0.3) is 0 Å². The van der Waals surface area contributed by atoms with Crippen molar-refractivity contribution >= 4 is 0 Å². The fourth-order valence-electron chi connectivity index (χ4n) is 2.26. The third-order valence-corrected chi connectivity index (χ3v) is 3.13. The second-order valence-electron chi connectivity index (χ2n) is 4.22. The summed E-state index contributed by atoms with van der Waals surface area (Å²) in [6.45, 7) is -0.306. The maximum Gasteiger partial charge on any atom is 0.405 e. The van der Waals surface area contributed by atoms with Crippen LogP contribution in [-0.2, 0) is 0 Å². The van der Waals surface area contributed by atoms with Gasteiger partial charge in [-0.05, 0) is 19.4 Å². The van der Waals surface area contributed by atoms with Crippen molar-refractivity contribution < 1.29 is 18.3 Å². The summed E-state index contributed by atoms with van der Waals surface area (Å²) < 4.78 is 38.2. The van der Waals surface area contributed by atoms with Crippen LogP contribution < -0.4 is 5.73 Å². The number of halogens is 3. The molecule has 0 aromatic carbocycles. The number of likely N-dealkylation sites (tertiary alicyclic amines) is 1. The van der Waals surface area contributed by atoms with Crippen molar-refractivity contribution in [2.75, 3.05) is 19.7 Å². The highest BCUT2D eigenvalue weighted by Crippen LogP contribution is 2.28. The molecule has 0 radical (unpaired) electrons. The topological polar surface area (TPSA) is 49.5 Å². The molecule has 3 nitrogen and oxygen atoms in total. The first kappa shape index (κ1) is 13.7. The van der Waals surface area contributed by atoms with Gasteiger partial charge in [0.05, 0.1) is 6.61 Å². The quantitative estimate of drug-likeness (QED) is 0.777. The molecule has 1 aliphatic heterocycles. The van der Waals surface area contributed by atoms with Crippen LogP contribution in [0.3, 0.4) is 0 Å². The molecular formula is C10H19F3N2O. The maximum absolute atomic E-state index is 12.7. The summed E-state index contributed by atoms with van der Waals surface area (Å²) in [6.07, 6.45) is -1.17. The SMILES string of the molecule is NCC(N1CCCCCC1CO)C(F)(F)F. The number of nitrogens with zero attached hydrogens (tertiary/aromatic N) is 1. The smallest absolute Gasteiger partial charge is 0.395 e. The van der Waals surface area contributed by atoms with E-state index in [1.165, 1.54) is 4.90 Å². The molecule has 1 saturated heterocycles. The normalized spacial score (nSPS) is 26.4. The lowest BCUT2D eigenvalue weighted by Crippen LogP contribution is -2.55. The Labute approximate surface area is 93.4 Å². The van der Waals surface area contributed by atoms with Gasteiger partial charge in [-0.1, -0.05) is 12.8 Å². The average Bonchev–Trinajstić information content (AvgIpc) is 2.42. The highest BCUT2D eigenvalue weighted by Gasteiger charge is 2.44. The lowest BCUT2D eigenvalue weighted by Gasteiger charge is -2.36. The first-order valence-corrected chi connectivity index (χ1v) is 5.64. The van der Waals surface area contributed by atoms with Crippen LogP contribution in [-0.4, -0.2) is 48.0 Å².